The second kappa shape index (κ2) is 8.80. The van der Waals surface area contributed by atoms with Gasteiger partial charge < -0.3 is 10.2 Å². The summed E-state index contributed by atoms with van der Waals surface area (Å²) >= 11 is 3.71. The minimum atomic E-state index is 0.493. The first-order valence-corrected chi connectivity index (χ1v) is 8.46. The average Bonchev–Trinajstić information content (AvgIpc) is 2.73. The summed E-state index contributed by atoms with van der Waals surface area (Å²) in [6.07, 6.45) is 3.15. The minimum absolute atomic E-state index is 0.493. The Morgan fingerprint density at radius 3 is 2.40 bits per heavy atom. The van der Waals surface area contributed by atoms with Crippen LogP contribution in [-0.4, -0.2) is 47.4 Å². The maximum atomic E-state index is 4.58. The first kappa shape index (κ1) is 17.7. The van der Waals surface area contributed by atoms with Crippen molar-refractivity contribution in [2.45, 2.75) is 46.1 Å². The summed E-state index contributed by atoms with van der Waals surface area (Å²) in [6.45, 7) is 10.00. The molecule has 0 aliphatic rings. The van der Waals surface area contributed by atoms with Gasteiger partial charge in [0.1, 0.15) is 0 Å². The highest BCUT2D eigenvalue weighted by Crippen LogP contribution is 2.23. The van der Waals surface area contributed by atoms with Gasteiger partial charge in [0.25, 0.3) is 0 Å². The summed E-state index contributed by atoms with van der Waals surface area (Å²) in [6, 6.07) is 0.493. The number of halogens is 1. The fraction of sp³-hybridized carbons (Fsp3) is 0.800. The number of aromatic nitrogens is 2. The lowest BCUT2D eigenvalue weighted by molar-refractivity contribution is 0.282. The van der Waals surface area contributed by atoms with Crippen molar-refractivity contribution in [3.63, 3.8) is 0 Å². The van der Waals surface area contributed by atoms with Crippen LogP contribution in [-0.2, 0) is 19.9 Å². The van der Waals surface area contributed by atoms with Crippen molar-refractivity contribution in [3.8, 4) is 0 Å². The molecule has 1 unspecified atom stereocenters. The molecule has 0 saturated carbocycles. The lowest BCUT2D eigenvalue weighted by atomic mass is 10.1. The molecular formula is C15H29BrN4. The van der Waals surface area contributed by atoms with Crippen molar-refractivity contribution in [1.82, 2.24) is 20.0 Å². The first-order chi connectivity index (χ1) is 9.57. The molecule has 1 aromatic heterocycles. The number of nitrogens with one attached hydrogen (secondary N) is 1. The van der Waals surface area contributed by atoms with Crippen molar-refractivity contribution >= 4 is 15.9 Å². The Bertz CT molecular complexity index is 399. The SMILES string of the molecule is CCc1nn(C)c(CC(CCN(CC)CC)NC)c1Br. The van der Waals surface area contributed by atoms with E-state index in [1.54, 1.807) is 0 Å². The van der Waals surface area contributed by atoms with Crippen LogP contribution in [0.5, 0.6) is 0 Å². The summed E-state index contributed by atoms with van der Waals surface area (Å²) in [7, 11) is 4.09. The zero-order chi connectivity index (χ0) is 15.1. The smallest absolute Gasteiger partial charge is 0.0766 e. The molecule has 1 heterocycles. The van der Waals surface area contributed by atoms with E-state index in [1.807, 2.05) is 11.7 Å². The molecule has 0 aromatic carbocycles. The lowest BCUT2D eigenvalue weighted by Gasteiger charge is -2.22. The normalized spacial score (nSPS) is 13.2. The zero-order valence-corrected chi connectivity index (χ0v) is 15.1. The molecule has 0 amide bonds. The predicted octanol–water partition coefficient (Wildman–Crippen LogP) is 2.61. The first-order valence-electron chi connectivity index (χ1n) is 7.67. The second-order valence-corrected chi connectivity index (χ2v) is 5.98. The van der Waals surface area contributed by atoms with Crippen molar-refractivity contribution in [1.29, 1.82) is 0 Å². The Hall–Kier alpha value is -0.390. The number of rotatable bonds is 9. The topological polar surface area (TPSA) is 33.1 Å². The second-order valence-electron chi connectivity index (χ2n) is 5.19. The van der Waals surface area contributed by atoms with E-state index in [1.165, 1.54) is 10.2 Å². The number of aryl methyl sites for hydroxylation is 2. The molecule has 0 bridgehead atoms. The van der Waals surface area contributed by atoms with Gasteiger partial charge in [0.2, 0.25) is 0 Å². The summed E-state index contributed by atoms with van der Waals surface area (Å²) in [4.78, 5) is 2.47. The molecule has 0 aliphatic heterocycles. The van der Waals surface area contributed by atoms with Crippen LogP contribution in [0.1, 0.15) is 38.6 Å². The largest absolute Gasteiger partial charge is 0.317 e. The lowest BCUT2D eigenvalue weighted by Crippen LogP contribution is -2.34. The molecule has 0 aliphatic carbocycles. The van der Waals surface area contributed by atoms with Gasteiger partial charge in [-0.3, -0.25) is 4.68 Å². The van der Waals surface area contributed by atoms with Crippen LogP contribution in [0, 0.1) is 0 Å². The van der Waals surface area contributed by atoms with Crippen LogP contribution in [0.4, 0.5) is 0 Å². The molecule has 20 heavy (non-hydrogen) atoms. The molecule has 5 heteroatoms. The van der Waals surface area contributed by atoms with Crippen molar-refractivity contribution in [3.05, 3.63) is 15.9 Å². The van der Waals surface area contributed by atoms with Gasteiger partial charge in [-0.05, 0) is 55.5 Å². The molecular weight excluding hydrogens is 316 g/mol. The fourth-order valence-electron chi connectivity index (χ4n) is 2.50. The number of likely N-dealkylation sites (N-methyl/N-ethyl adjacent to an activating group) is 1. The van der Waals surface area contributed by atoms with Crippen molar-refractivity contribution < 1.29 is 0 Å². The van der Waals surface area contributed by atoms with Gasteiger partial charge >= 0.3 is 0 Å². The number of hydrogen-bond donors (Lipinski definition) is 1. The third kappa shape index (κ3) is 4.57. The van der Waals surface area contributed by atoms with Gasteiger partial charge in [0, 0.05) is 19.5 Å². The average molecular weight is 345 g/mol. The maximum absolute atomic E-state index is 4.58. The van der Waals surface area contributed by atoms with Crippen LogP contribution in [0.2, 0.25) is 0 Å². The molecule has 116 valence electrons. The van der Waals surface area contributed by atoms with E-state index in [0.717, 1.165) is 44.6 Å². The van der Waals surface area contributed by atoms with Gasteiger partial charge in [-0.1, -0.05) is 20.8 Å². The Kier molecular flexibility index (Phi) is 7.77. The maximum Gasteiger partial charge on any atom is 0.0766 e. The Morgan fingerprint density at radius 1 is 1.30 bits per heavy atom. The van der Waals surface area contributed by atoms with Gasteiger partial charge in [0.05, 0.1) is 15.9 Å². The van der Waals surface area contributed by atoms with E-state index in [4.69, 9.17) is 0 Å². The monoisotopic (exact) mass is 344 g/mol. The standard InChI is InChI=1S/C15H29BrN4/c1-6-13-15(16)14(19(5)18-13)11-12(17-4)9-10-20(7-2)8-3/h12,17H,6-11H2,1-5H3. The van der Waals surface area contributed by atoms with Gasteiger partial charge in [-0.25, -0.2) is 0 Å². The number of hydrogen-bond acceptors (Lipinski definition) is 3. The molecule has 0 saturated heterocycles. The van der Waals surface area contributed by atoms with Crippen LogP contribution < -0.4 is 5.32 Å². The highest BCUT2D eigenvalue weighted by Gasteiger charge is 2.17. The zero-order valence-electron chi connectivity index (χ0n) is 13.5. The van der Waals surface area contributed by atoms with E-state index in [-0.39, 0.29) is 0 Å². The van der Waals surface area contributed by atoms with Crippen LogP contribution in [0.3, 0.4) is 0 Å². The summed E-state index contributed by atoms with van der Waals surface area (Å²) in [5.74, 6) is 0. The van der Waals surface area contributed by atoms with Crippen molar-refractivity contribution in [2.24, 2.45) is 7.05 Å². The summed E-state index contributed by atoms with van der Waals surface area (Å²) < 4.78 is 3.20. The highest BCUT2D eigenvalue weighted by molar-refractivity contribution is 9.10. The third-order valence-electron chi connectivity index (χ3n) is 4.04. The quantitative estimate of drug-likeness (QED) is 0.747. The van der Waals surface area contributed by atoms with Crippen molar-refractivity contribution in [2.75, 3.05) is 26.7 Å². The molecule has 0 radical (unpaired) electrons. The van der Waals surface area contributed by atoms with Gasteiger partial charge in [-0.2, -0.15) is 5.10 Å². The molecule has 1 N–H and O–H groups in total. The van der Waals surface area contributed by atoms with Crippen LogP contribution in [0.15, 0.2) is 4.47 Å². The molecule has 4 nitrogen and oxygen atoms in total. The fourth-order valence-corrected chi connectivity index (χ4v) is 3.28. The Labute approximate surface area is 132 Å². The highest BCUT2D eigenvalue weighted by atomic mass is 79.9. The van der Waals surface area contributed by atoms with E-state index in [9.17, 15) is 0 Å². The van der Waals surface area contributed by atoms with E-state index >= 15 is 0 Å². The Morgan fingerprint density at radius 2 is 1.95 bits per heavy atom. The molecule has 0 fully saturated rings. The Balaban J connectivity index is 2.66. The summed E-state index contributed by atoms with van der Waals surface area (Å²) in [5, 5.41) is 8.02. The van der Waals surface area contributed by atoms with Crippen LogP contribution >= 0.6 is 15.9 Å². The molecule has 1 atom stereocenters. The third-order valence-corrected chi connectivity index (χ3v) is 4.95. The van der Waals surface area contributed by atoms with Gasteiger partial charge in [0.15, 0.2) is 0 Å². The number of nitrogens with zero attached hydrogens (tertiary/aromatic N) is 3. The van der Waals surface area contributed by atoms with E-state index < -0.39 is 0 Å². The van der Waals surface area contributed by atoms with E-state index in [0.29, 0.717) is 6.04 Å². The predicted molar refractivity (Wildman–Crippen MR) is 89.2 cm³/mol. The molecule has 1 rings (SSSR count). The minimum Gasteiger partial charge on any atom is -0.317 e. The van der Waals surface area contributed by atoms with Gasteiger partial charge in [-0.15, -0.1) is 0 Å². The summed E-state index contributed by atoms with van der Waals surface area (Å²) in [5.41, 5.74) is 2.45. The molecule has 1 aromatic rings. The van der Waals surface area contributed by atoms with E-state index in [2.05, 4.69) is 59.1 Å². The molecule has 0 spiro atoms. The van der Waals surface area contributed by atoms with Crippen LogP contribution in [0.25, 0.3) is 0 Å².